The van der Waals surface area contributed by atoms with Gasteiger partial charge in [0.1, 0.15) is 17.3 Å². The van der Waals surface area contributed by atoms with Gasteiger partial charge in [-0.2, -0.15) is 0 Å². The van der Waals surface area contributed by atoms with Gasteiger partial charge < -0.3 is 0 Å². The molecule has 3 aromatic carbocycles. The summed E-state index contributed by atoms with van der Waals surface area (Å²) in [4.78, 5) is 28.1. The van der Waals surface area contributed by atoms with E-state index in [-0.39, 0.29) is 5.91 Å². The average molecular weight is 537 g/mol. The quantitative estimate of drug-likeness (QED) is 0.270. The van der Waals surface area contributed by atoms with E-state index in [1.807, 2.05) is 18.2 Å². The molecule has 3 heterocycles. The standard InChI is InChI=1S/C33H30F2N4O/c34-28-14-10-26(11-15-28)33(27-12-16-29(35)17-13-27)32(40)39(31(37-33)30-9-3-4-19-36-30)21-6-5-20-38-22-18-24-7-1-2-8-25(24)23-38/h1-4,7-17,19H,5-6,18,20-23H2. The molecule has 0 spiro atoms. The lowest BCUT2D eigenvalue weighted by Gasteiger charge is -2.29. The summed E-state index contributed by atoms with van der Waals surface area (Å²) in [6.45, 7) is 3.37. The highest BCUT2D eigenvalue weighted by Gasteiger charge is 2.51. The first kappa shape index (κ1) is 26.0. The minimum atomic E-state index is -1.47. The lowest BCUT2D eigenvalue weighted by molar-refractivity contribution is -0.130. The zero-order valence-corrected chi connectivity index (χ0v) is 22.1. The maximum atomic E-state index is 14.4. The van der Waals surface area contributed by atoms with Crippen molar-refractivity contribution in [3.8, 4) is 0 Å². The van der Waals surface area contributed by atoms with Crippen LogP contribution in [0.4, 0.5) is 8.78 Å². The molecule has 6 rings (SSSR count). The number of amidine groups is 1. The fourth-order valence-electron chi connectivity index (χ4n) is 5.73. The molecule has 1 aromatic heterocycles. The first-order valence-corrected chi connectivity index (χ1v) is 13.7. The predicted molar refractivity (Wildman–Crippen MR) is 151 cm³/mol. The summed E-state index contributed by atoms with van der Waals surface area (Å²) < 4.78 is 27.8. The van der Waals surface area contributed by atoms with Crippen LogP contribution < -0.4 is 0 Å². The summed E-state index contributed by atoms with van der Waals surface area (Å²) in [5.41, 5.74) is 2.97. The molecule has 202 valence electrons. The van der Waals surface area contributed by atoms with Crippen LogP contribution in [0.25, 0.3) is 0 Å². The van der Waals surface area contributed by atoms with Crippen LogP contribution in [-0.4, -0.2) is 46.2 Å². The van der Waals surface area contributed by atoms with E-state index in [4.69, 9.17) is 4.99 Å². The number of halogens is 2. The molecular formula is C33H30F2N4O. The molecule has 0 saturated heterocycles. The summed E-state index contributed by atoms with van der Waals surface area (Å²) >= 11 is 0. The highest BCUT2D eigenvalue weighted by Crippen LogP contribution is 2.41. The fourth-order valence-corrected chi connectivity index (χ4v) is 5.73. The molecule has 0 saturated carbocycles. The number of aliphatic imine (C=N–C) groups is 1. The average Bonchev–Trinajstić information content (AvgIpc) is 3.29. The molecule has 0 radical (unpaired) electrons. The summed E-state index contributed by atoms with van der Waals surface area (Å²) in [5, 5.41) is 0. The summed E-state index contributed by atoms with van der Waals surface area (Å²) in [5.74, 6) is -0.603. The van der Waals surface area contributed by atoms with Crippen LogP contribution >= 0.6 is 0 Å². The van der Waals surface area contributed by atoms with Crippen LogP contribution in [-0.2, 0) is 23.3 Å². The van der Waals surface area contributed by atoms with Crippen LogP contribution in [0.3, 0.4) is 0 Å². The number of carbonyl (C=O) groups excluding carboxylic acids is 1. The first-order valence-electron chi connectivity index (χ1n) is 13.7. The largest absolute Gasteiger partial charge is 0.299 e. The number of amides is 1. The Morgan fingerprint density at radius 2 is 1.38 bits per heavy atom. The Balaban J connectivity index is 1.28. The molecule has 4 aromatic rings. The molecule has 1 amide bonds. The summed E-state index contributed by atoms with van der Waals surface area (Å²) in [7, 11) is 0. The van der Waals surface area contributed by atoms with Crippen molar-refractivity contribution in [3.05, 3.63) is 137 Å². The fraction of sp³-hybridized carbons (Fsp3) is 0.242. The molecule has 2 aliphatic heterocycles. The highest BCUT2D eigenvalue weighted by molar-refractivity contribution is 6.16. The number of pyridine rings is 1. The van der Waals surface area contributed by atoms with Crippen molar-refractivity contribution in [2.24, 2.45) is 4.99 Å². The lowest BCUT2D eigenvalue weighted by Crippen LogP contribution is -2.42. The Morgan fingerprint density at radius 3 is 2.02 bits per heavy atom. The third-order valence-electron chi connectivity index (χ3n) is 7.82. The van der Waals surface area contributed by atoms with E-state index in [1.54, 1.807) is 35.4 Å². The van der Waals surface area contributed by atoms with Gasteiger partial charge in [-0.15, -0.1) is 0 Å². The van der Waals surface area contributed by atoms with Crippen molar-refractivity contribution in [2.45, 2.75) is 31.3 Å². The SMILES string of the molecule is O=C1N(CCCCN2CCc3ccccc3C2)C(c2ccccn2)=NC1(c1ccc(F)cc1)c1ccc(F)cc1. The van der Waals surface area contributed by atoms with Gasteiger partial charge in [-0.3, -0.25) is 19.6 Å². The van der Waals surface area contributed by atoms with Crippen molar-refractivity contribution in [2.75, 3.05) is 19.6 Å². The van der Waals surface area contributed by atoms with Crippen LogP contribution in [0.5, 0.6) is 0 Å². The number of aromatic nitrogens is 1. The minimum absolute atomic E-state index is 0.252. The monoisotopic (exact) mass is 536 g/mol. The van der Waals surface area contributed by atoms with E-state index in [0.717, 1.165) is 38.9 Å². The van der Waals surface area contributed by atoms with E-state index in [1.165, 1.54) is 35.4 Å². The highest BCUT2D eigenvalue weighted by atomic mass is 19.1. The number of rotatable bonds is 8. The maximum absolute atomic E-state index is 14.4. The van der Waals surface area contributed by atoms with Crippen molar-refractivity contribution < 1.29 is 13.6 Å². The Morgan fingerprint density at radius 1 is 0.750 bits per heavy atom. The minimum Gasteiger partial charge on any atom is -0.299 e. The number of carbonyl (C=O) groups is 1. The zero-order valence-electron chi connectivity index (χ0n) is 22.1. The Hall–Kier alpha value is -4.23. The molecule has 0 fully saturated rings. The summed E-state index contributed by atoms with van der Waals surface area (Å²) in [6, 6.07) is 25.7. The van der Waals surface area contributed by atoms with Gasteiger partial charge in [0.05, 0.1) is 0 Å². The lowest BCUT2D eigenvalue weighted by atomic mass is 9.82. The van der Waals surface area contributed by atoms with Crippen LogP contribution in [0.2, 0.25) is 0 Å². The molecule has 5 nitrogen and oxygen atoms in total. The Bertz CT molecular complexity index is 1480. The van der Waals surface area contributed by atoms with E-state index in [0.29, 0.717) is 29.2 Å². The second-order valence-corrected chi connectivity index (χ2v) is 10.3. The molecule has 0 N–H and O–H groups in total. The van der Waals surface area contributed by atoms with Gasteiger partial charge in [0, 0.05) is 25.8 Å². The smallest absolute Gasteiger partial charge is 0.265 e. The second kappa shape index (κ2) is 11.1. The third kappa shape index (κ3) is 4.93. The molecule has 0 aliphatic carbocycles. The number of benzene rings is 3. The summed E-state index contributed by atoms with van der Waals surface area (Å²) in [6.07, 6.45) is 4.42. The van der Waals surface area contributed by atoms with Gasteiger partial charge in [-0.1, -0.05) is 54.6 Å². The van der Waals surface area contributed by atoms with Crippen LogP contribution in [0.15, 0.2) is 102 Å². The Kier molecular flexibility index (Phi) is 7.22. The van der Waals surface area contributed by atoms with E-state index in [2.05, 4.69) is 34.1 Å². The van der Waals surface area contributed by atoms with Gasteiger partial charge in [0.25, 0.3) is 5.91 Å². The zero-order chi connectivity index (χ0) is 27.5. The van der Waals surface area contributed by atoms with Crippen molar-refractivity contribution in [3.63, 3.8) is 0 Å². The van der Waals surface area contributed by atoms with Crippen molar-refractivity contribution in [1.82, 2.24) is 14.8 Å². The number of hydrogen-bond acceptors (Lipinski definition) is 4. The topological polar surface area (TPSA) is 48.8 Å². The molecule has 7 heteroatoms. The number of unbranched alkanes of at least 4 members (excludes halogenated alkanes) is 1. The molecular weight excluding hydrogens is 506 g/mol. The van der Waals surface area contributed by atoms with Crippen LogP contribution in [0, 0.1) is 11.6 Å². The molecule has 40 heavy (non-hydrogen) atoms. The van der Waals surface area contributed by atoms with E-state index >= 15 is 0 Å². The van der Waals surface area contributed by atoms with Crippen molar-refractivity contribution in [1.29, 1.82) is 0 Å². The van der Waals surface area contributed by atoms with Gasteiger partial charge >= 0.3 is 0 Å². The maximum Gasteiger partial charge on any atom is 0.265 e. The van der Waals surface area contributed by atoms with Crippen molar-refractivity contribution >= 4 is 11.7 Å². The third-order valence-corrected chi connectivity index (χ3v) is 7.82. The Labute approximate surface area is 232 Å². The first-order chi connectivity index (χ1) is 19.5. The number of nitrogens with zero attached hydrogens (tertiary/aromatic N) is 4. The van der Waals surface area contributed by atoms with E-state index in [9.17, 15) is 13.6 Å². The number of hydrogen-bond donors (Lipinski definition) is 0. The van der Waals surface area contributed by atoms with Crippen LogP contribution in [0.1, 0.15) is 40.8 Å². The molecule has 0 unspecified atom stereocenters. The van der Waals surface area contributed by atoms with E-state index < -0.39 is 17.2 Å². The van der Waals surface area contributed by atoms with Gasteiger partial charge in [-0.25, -0.2) is 13.8 Å². The van der Waals surface area contributed by atoms with Gasteiger partial charge in [-0.05, 0) is 84.5 Å². The molecule has 2 aliphatic rings. The molecule has 0 atom stereocenters. The number of fused-ring (bicyclic) bond motifs is 1. The predicted octanol–water partition coefficient (Wildman–Crippen LogP) is 5.73. The normalized spacial score (nSPS) is 16.6. The van der Waals surface area contributed by atoms with Gasteiger partial charge in [0.15, 0.2) is 11.4 Å². The molecule has 0 bridgehead atoms. The second-order valence-electron chi connectivity index (χ2n) is 10.3. The van der Waals surface area contributed by atoms with Gasteiger partial charge in [0.2, 0.25) is 0 Å².